The van der Waals surface area contributed by atoms with Crippen molar-refractivity contribution < 1.29 is 12.8 Å². The molecule has 0 bridgehead atoms. The third kappa shape index (κ3) is 3.29. The molecule has 2 heterocycles. The molecule has 0 fully saturated rings. The number of nitrogens with one attached hydrogen (secondary N) is 2. The van der Waals surface area contributed by atoms with Crippen LogP contribution in [-0.2, 0) is 10.0 Å². The first kappa shape index (κ1) is 15.4. The number of hydrogen-bond donors (Lipinski definition) is 2. The number of aromatic nitrogens is 2. The van der Waals surface area contributed by atoms with Gasteiger partial charge in [-0.25, -0.2) is 0 Å². The highest BCUT2D eigenvalue weighted by molar-refractivity contribution is 7.92. The number of aromatic amines is 1. The number of anilines is 1. The van der Waals surface area contributed by atoms with Gasteiger partial charge in [-0.2, -0.15) is 13.5 Å². The number of H-pyrrole nitrogens is 1. The molecule has 7 heteroatoms. The predicted octanol–water partition coefficient (Wildman–Crippen LogP) is 3.40. The van der Waals surface area contributed by atoms with Gasteiger partial charge in [0.05, 0.1) is 0 Å². The van der Waals surface area contributed by atoms with Crippen molar-refractivity contribution in [1.82, 2.24) is 10.2 Å². The largest absolute Gasteiger partial charge is 0.441 e. The molecule has 120 valence electrons. The van der Waals surface area contributed by atoms with E-state index < -0.39 is 10.0 Å². The summed E-state index contributed by atoms with van der Waals surface area (Å²) in [7, 11) is -3.78. The van der Waals surface area contributed by atoms with E-state index in [0.29, 0.717) is 17.1 Å². The molecule has 0 radical (unpaired) electrons. The Balaban J connectivity index is 1.89. The van der Waals surface area contributed by atoms with Crippen molar-refractivity contribution in [1.29, 1.82) is 0 Å². The van der Waals surface area contributed by atoms with Crippen LogP contribution in [0.4, 0.5) is 5.69 Å². The zero-order chi connectivity index (χ0) is 16.6. The van der Waals surface area contributed by atoms with Crippen LogP contribution in [0.25, 0.3) is 11.5 Å². The van der Waals surface area contributed by atoms with E-state index in [2.05, 4.69) is 14.9 Å². The summed E-state index contributed by atoms with van der Waals surface area (Å²) >= 11 is 0. The monoisotopic (exact) mass is 331 g/mol. The zero-order valence-corrected chi connectivity index (χ0v) is 13.9. The second kappa shape index (κ2) is 5.58. The van der Waals surface area contributed by atoms with Crippen molar-refractivity contribution in [3.63, 3.8) is 0 Å². The Morgan fingerprint density at radius 2 is 1.74 bits per heavy atom. The van der Waals surface area contributed by atoms with E-state index in [4.69, 9.17) is 4.42 Å². The number of furan rings is 1. The van der Waals surface area contributed by atoms with Crippen LogP contribution in [0.15, 0.2) is 45.9 Å². The third-order valence-corrected chi connectivity index (χ3v) is 4.53. The zero-order valence-electron chi connectivity index (χ0n) is 13.0. The molecular weight excluding hydrogens is 314 g/mol. The van der Waals surface area contributed by atoms with Crippen LogP contribution < -0.4 is 4.72 Å². The Hall–Kier alpha value is -2.54. The van der Waals surface area contributed by atoms with Gasteiger partial charge in [-0.05, 0) is 62.2 Å². The molecule has 3 aromatic rings. The second-order valence-electron chi connectivity index (χ2n) is 5.54. The van der Waals surface area contributed by atoms with Crippen LogP contribution in [0, 0.1) is 20.8 Å². The van der Waals surface area contributed by atoms with Crippen molar-refractivity contribution in [2.24, 2.45) is 0 Å². The summed E-state index contributed by atoms with van der Waals surface area (Å²) in [6.07, 6.45) is 0. The van der Waals surface area contributed by atoms with Gasteiger partial charge in [0, 0.05) is 11.4 Å². The molecule has 0 atom stereocenters. The van der Waals surface area contributed by atoms with Gasteiger partial charge in [0.15, 0.2) is 5.76 Å². The van der Waals surface area contributed by atoms with Gasteiger partial charge in [0.2, 0.25) is 5.09 Å². The molecule has 0 aliphatic carbocycles. The molecule has 0 unspecified atom stereocenters. The highest BCUT2D eigenvalue weighted by atomic mass is 32.2. The van der Waals surface area contributed by atoms with E-state index in [-0.39, 0.29) is 5.09 Å². The molecule has 0 saturated carbocycles. The lowest BCUT2D eigenvalue weighted by atomic mass is 10.1. The SMILES string of the molecule is Cc1cc(C)cc(NS(=O)(=O)c2ccc(-c3cc(C)[nH]n3)o2)c1. The maximum atomic E-state index is 12.4. The molecule has 0 aliphatic rings. The number of benzene rings is 1. The summed E-state index contributed by atoms with van der Waals surface area (Å²) in [5.41, 5.74) is 3.91. The summed E-state index contributed by atoms with van der Waals surface area (Å²) in [4.78, 5) is 0. The second-order valence-corrected chi connectivity index (χ2v) is 7.15. The molecule has 1 aromatic carbocycles. The van der Waals surface area contributed by atoms with E-state index in [1.165, 1.54) is 6.07 Å². The standard InChI is InChI=1S/C16H17N3O3S/c1-10-6-11(2)8-13(7-10)19-23(20,21)16-5-4-15(22-16)14-9-12(3)17-18-14/h4-9,19H,1-3H3,(H,17,18). The molecule has 0 aliphatic heterocycles. The summed E-state index contributed by atoms with van der Waals surface area (Å²) in [5.74, 6) is 0.398. The van der Waals surface area contributed by atoms with E-state index >= 15 is 0 Å². The molecule has 0 amide bonds. The maximum absolute atomic E-state index is 12.4. The Morgan fingerprint density at radius 3 is 2.35 bits per heavy atom. The lowest BCUT2D eigenvalue weighted by Gasteiger charge is -2.07. The van der Waals surface area contributed by atoms with Crippen molar-refractivity contribution in [3.05, 3.63) is 53.2 Å². The minimum Gasteiger partial charge on any atom is -0.441 e. The van der Waals surface area contributed by atoms with Gasteiger partial charge < -0.3 is 4.42 Å². The van der Waals surface area contributed by atoms with Crippen LogP contribution in [0.5, 0.6) is 0 Å². The van der Waals surface area contributed by atoms with Crippen LogP contribution in [0.2, 0.25) is 0 Å². The van der Waals surface area contributed by atoms with E-state index in [1.54, 1.807) is 24.3 Å². The van der Waals surface area contributed by atoms with Crippen molar-refractivity contribution >= 4 is 15.7 Å². The first-order chi connectivity index (χ1) is 10.8. The highest BCUT2D eigenvalue weighted by Gasteiger charge is 2.20. The predicted molar refractivity (Wildman–Crippen MR) is 87.8 cm³/mol. The minimum atomic E-state index is -3.78. The normalized spacial score (nSPS) is 11.6. The average molecular weight is 331 g/mol. The first-order valence-corrected chi connectivity index (χ1v) is 8.55. The Labute approximate surface area is 134 Å². The summed E-state index contributed by atoms with van der Waals surface area (Å²) in [6.45, 7) is 5.68. The van der Waals surface area contributed by atoms with Crippen LogP contribution >= 0.6 is 0 Å². The number of rotatable bonds is 4. The fraction of sp³-hybridized carbons (Fsp3) is 0.188. The molecular formula is C16H17N3O3S. The van der Waals surface area contributed by atoms with E-state index in [0.717, 1.165) is 16.8 Å². The highest BCUT2D eigenvalue weighted by Crippen LogP contribution is 2.25. The fourth-order valence-corrected chi connectivity index (χ4v) is 3.36. The molecule has 0 saturated heterocycles. The number of hydrogen-bond acceptors (Lipinski definition) is 4. The Bertz CT molecular complexity index is 934. The minimum absolute atomic E-state index is 0.146. The average Bonchev–Trinajstić information content (AvgIpc) is 3.05. The van der Waals surface area contributed by atoms with Gasteiger partial charge >= 0.3 is 0 Å². The topological polar surface area (TPSA) is 88.0 Å². The number of nitrogens with zero attached hydrogens (tertiary/aromatic N) is 1. The van der Waals surface area contributed by atoms with Crippen LogP contribution in [-0.4, -0.2) is 18.6 Å². The molecule has 0 spiro atoms. The van der Waals surface area contributed by atoms with Gasteiger partial charge in [-0.3, -0.25) is 9.82 Å². The third-order valence-electron chi connectivity index (χ3n) is 3.28. The number of sulfonamides is 1. The molecule has 2 N–H and O–H groups in total. The summed E-state index contributed by atoms with van der Waals surface area (Å²) in [6, 6.07) is 10.3. The van der Waals surface area contributed by atoms with Crippen molar-refractivity contribution in [2.75, 3.05) is 4.72 Å². The lowest BCUT2D eigenvalue weighted by molar-refractivity contribution is 0.462. The van der Waals surface area contributed by atoms with Crippen molar-refractivity contribution in [3.8, 4) is 11.5 Å². The van der Waals surface area contributed by atoms with Gasteiger partial charge in [0.25, 0.3) is 10.0 Å². The molecule has 2 aromatic heterocycles. The molecule has 3 rings (SSSR count). The maximum Gasteiger partial charge on any atom is 0.295 e. The molecule has 6 nitrogen and oxygen atoms in total. The summed E-state index contributed by atoms with van der Waals surface area (Å²) in [5, 5.41) is 6.70. The van der Waals surface area contributed by atoms with Gasteiger partial charge in [-0.1, -0.05) is 6.07 Å². The van der Waals surface area contributed by atoms with Gasteiger partial charge in [0.1, 0.15) is 5.69 Å². The van der Waals surface area contributed by atoms with Crippen LogP contribution in [0.1, 0.15) is 16.8 Å². The molecule has 23 heavy (non-hydrogen) atoms. The Morgan fingerprint density at radius 1 is 1.04 bits per heavy atom. The van der Waals surface area contributed by atoms with E-state index in [1.807, 2.05) is 26.8 Å². The number of aryl methyl sites for hydroxylation is 3. The van der Waals surface area contributed by atoms with E-state index in [9.17, 15) is 8.42 Å². The van der Waals surface area contributed by atoms with Gasteiger partial charge in [-0.15, -0.1) is 0 Å². The first-order valence-electron chi connectivity index (χ1n) is 7.07. The smallest absolute Gasteiger partial charge is 0.295 e. The summed E-state index contributed by atoms with van der Waals surface area (Å²) < 4.78 is 32.9. The Kier molecular flexibility index (Phi) is 3.73. The quantitative estimate of drug-likeness (QED) is 0.767. The fourth-order valence-electron chi connectivity index (χ4n) is 2.39. The van der Waals surface area contributed by atoms with Crippen molar-refractivity contribution in [2.45, 2.75) is 25.9 Å². The van der Waals surface area contributed by atoms with Crippen LogP contribution in [0.3, 0.4) is 0 Å². The lowest BCUT2D eigenvalue weighted by Crippen LogP contribution is -2.12.